The number of halogens is 1. The number of hydrogen-bond donors (Lipinski definition) is 1. The van der Waals surface area contributed by atoms with Crippen molar-refractivity contribution < 1.29 is 4.52 Å². The van der Waals surface area contributed by atoms with E-state index in [4.69, 9.17) is 4.52 Å². The molecule has 0 aromatic carbocycles. The molecule has 6 heteroatoms. The molecule has 2 heterocycles. The molecule has 1 unspecified atom stereocenters. The second-order valence-electron chi connectivity index (χ2n) is 4.71. The van der Waals surface area contributed by atoms with Gasteiger partial charge in [-0.3, -0.25) is 4.90 Å². The number of nitrogens with zero attached hydrogens (tertiary/aromatic N) is 3. The fourth-order valence-corrected chi connectivity index (χ4v) is 2.29. The lowest BCUT2D eigenvalue weighted by Crippen LogP contribution is -2.32. The van der Waals surface area contributed by atoms with E-state index < -0.39 is 0 Å². The molecule has 0 aliphatic carbocycles. The van der Waals surface area contributed by atoms with Gasteiger partial charge < -0.3 is 9.84 Å². The molecule has 0 amide bonds. The third-order valence-electron chi connectivity index (χ3n) is 3.37. The lowest BCUT2D eigenvalue weighted by molar-refractivity contribution is 0.209. The average Bonchev–Trinajstić information content (AvgIpc) is 2.62. The lowest BCUT2D eigenvalue weighted by atomic mass is 10.1. The van der Waals surface area contributed by atoms with Gasteiger partial charge in [-0.1, -0.05) is 12.1 Å². The summed E-state index contributed by atoms with van der Waals surface area (Å²) in [6.45, 7) is 5.07. The van der Waals surface area contributed by atoms with Gasteiger partial charge >= 0.3 is 0 Å². The number of rotatable bonds is 4. The number of aryl methyl sites for hydroxylation is 1. The molecule has 1 saturated heterocycles. The fraction of sp³-hybridized carbons (Fsp3) is 0.833. The van der Waals surface area contributed by atoms with Crippen LogP contribution in [-0.2, 0) is 13.0 Å². The van der Waals surface area contributed by atoms with E-state index in [2.05, 4.69) is 27.4 Å². The maximum atomic E-state index is 5.13. The smallest absolute Gasteiger partial charge is 0.226 e. The first-order valence-electron chi connectivity index (χ1n) is 6.52. The monoisotopic (exact) mass is 274 g/mol. The Kier molecular flexibility index (Phi) is 6.60. The van der Waals surface area contributed by atoms with Crippen molar-refractivity contribution >= 4 is 12.4 Å². The van der Waals surface area contributed by atoms with Crippen molar-refractivity contribution in [2.45, 2.75) is 45.2 Å². The predicted molar refractivity (Wildman–Crippen MR) is 72.9 cm³/mol. The van der Waals surface area contributed by atoms with Gasteiger partial charge in [0.1, 0.15) is 0 Å². The van der Waals surface area contributed by atoms with E-state index in [1.807, 2.05) is 6.92 Å². The average molecular weight is 275 g/mol. The van der Waals surface area contributed by atoms with Gasteiger partial charge in [0.2, 0.25) is 5.89 Å². The summed E-state index contributed by atoms with van der Waals surface area (Å²) < 4.78 is 5.13. The van der Waals surface area contributed by atoms with Crippen LogP contribution in [0.15, 0.2) is 4.52 Å². The Balaban J connectivity index is 0.00000162. The van der Waals surface area contributed by atoms with E-state index in [0.29, 0.717) is 6.04 Å². The van der Waals surface area contributed by atoms with Gasteiger partial charge in [-0.05, 0) is 39.4 Å². The third-order valence-corrected chi connectivity index (χ3v) is 3.37. The molecule has 5 nitrogen and oxygen atoms in total. The van der Waals surface area contributed by atoms with Crippen LogP contribution in [0.5, 0.6) is 0 Å². The Morgan fingerprint density at radius 1 is 1.39 bits per heavy atom. The number of hydrogen-bond acceptors (Lipinski definition) is 5. The van der Waals surface area contributed by atoms with Crippen LogP contribution in [0.25, 0.3) is 0 Å². The minimum atomic E-state index is 0. The van der Waals surface area contributed by atoms with Gasteiger partial charge in [0, 0.05) is 12.5 Å². The first-order valence-corrected chi connectivity index (χ1v) is 6.52. The van der Waals surface area contributed by atoms with Crippen LogP contribution in [0.2, 0.25) is 0 Å². The molecular formula is C12H23ClN4O. The Morgan fingerprint density at radius 3 is 2.94 bits per heavy atom. The molecule has 2 rings (SSSR count). The van der Waals surface area contributed by atoms with E-state index in [-0.39, 0.29) is 12.4 Å². The molecule has 1 N–H and O–H groups in total. The molecule has 104 valence electrons. The molecule has 1 fully saturated rings. The minimum Gasteiger partial charge on any atom is -0.339 e. The van der Waals surface area contributed by atoms with Crippen molar-refractivity contribution in [3.63, 3.8) is 0 Å². The van der Waals surface area contributed by atoms with Gasteiger partial charge in [0.15, 0.2) is 5.82 Å². The van der Waals surface area contributed by atoms with E-state index in [9.17, 15) is 0 Å². The minimum absolute atomic E-state index is 0. The van der Waals surface area contributed by atoms with Gasteiger partial charge in [0.05, 0.1) is 6.54 Å². The van der Waals surface area contributed by atoms with Crippen molar-refractivity contribution in [1.82, 2.24) is 20.4 Å². The molecule has 1 aromatic heterocycles. The first-order chi connectivity index (χ1) is 8.29. The van der Waals surface area contributed by atoms with Gasteiger partial charge in [0.25, 0.3) is 0 Å². The molecule has 18 heavy (non-hydrogen) atoms. The summed E-state index contributed by atoms with van der Waals surface area (Å²) in [7, 11) is 2.15. The zero-order valence-corrected chi connectivity index (χ0v) is 12.0. The van der Waals surface area contributed by atoms with Crippen molar-refractivity contribution in [3.05, 3.63) is 11.7 Å². The zero-order valence-electron chi connectivity index (χ0n) is 11.2. The molecule has 0 saturated carbocycles. The standard InChI is InChI=1S/C12H22N4O.ClH/c1-3-12-14-11(15-17-12)9-16(2)10-5-4-7-13-8-6-10;/h10,13H,3-9H2,1-2H3;1H. The predicted octanol–water partition coefficient (Wildman–Crippen LogP) is 1.63. The highest BCUT2D eigenvalue weighted by Gasteiger charge is 2.18. The van der Waals surface area contributed by atoms with E-state index in [0.717, 1.165) is 37.8 Å². The molecular weight excluding hydrogens is 252 g/mol. The van der Waals surface area contributed by atoms with E-state index >= 15 is 0 Å². The van der Waals surface area contributed by atoms with Crippen LogP contribution in [0.4, 0.5) is 0 Å². The maximum Gasteiger partial charge on any atom is 0.226 e. The SMILES string of the molecule is CCc1nc(CN(C)C2CCCNCC2)no1.Cl. The van der Waals surface area contributed by atoms with Crippen molar-refractivity contribution in [2.24, 2.45) is 0 Å². The lowest BCUT2D eigenvalue weighted by Gasteiger charge is -2.25. The van der Waals surface area contributed by atoms with E-state index in [1.165, 1.54) is 19.3 Å². The van der Waals surface area contributed by atoms with Gasteiger partial charge in [-0.25, -0.2) is 0 Å². The second-order valence-corrected chi connectivity index (χ2v) is 4.71. The molecule has 1 aromatic rings. The quantitative estimate of drug-likeness (QED) is 0.904. The zero-order chi connectivity index (χ0) is 12.1. The molecule has 0 bridgehead atoms. The number of nitrogens with one attached hydrogen (secondary N) is 1. The van der Waals surface area contributed by atoms with E-state index in [1.54, 1.807) is 0 Å². The molecule has 1 aliphatic rings. The summed E-state index contributed by atoms with van der Waals surface area (Å²) in [6, 6.07) is 0.633. The summed E-state index contributed by atoms with van der Waals surface area (Å²) in [5.41, 5.74) is 0. The summed E-state index contributed by atoms with van der Waals surface area (Å²) in [5.74, 6) is 1.54. The highest BCUT2D eigenvalue weighted by Crippen LogP contribution is 2.13. The highest BCUT2D eigenvalue weighted by atomic mass is 35.5. The summed E-state index contributed by atoms with van der Waals surface area (Å²) in [5, 5.41) is 7.43. The summed E-state index contributed by atoms with van der Waals surface area (Å²) in [6.07, 6.45) is 4.52. The Labute approximate surface area is 115 Å². The topological polar surface area (TPSA) is 54.2 Å². The molecule has 0 spiro atoms. The highest BCUT2D eigenvalue weighted by molar-refractivity contribution is 5.85. The van der Waals surface area contributed by atoms with Crippen molar-refractivity contribution in [2.75, 3.05) is 20.1 Å². The van der Waals surface area contributed by atoms with Gasteiger partial charge in [-0.2, -0.15) is 4.98 Å². The third kappa shape index (κ3) is 4.23. The van der Waals surface area contributed by atoms with Crippen molar-refractivity contribution in [1.29, 1.82) is 0 Å². The number of aromatic nitrogens is 2. The van der Waals surface area contributed by atoms with Crippen LogP contribution >= 0.6 is 12.4 Å². The maximum absolute atomic E-state index is 5.13. The normalized spacial score (nSPS) is 20.5. The summed E-state index contributed by atoms with van der Waals surface area (Å²) >= 11 is 0. The van der Waals surface area contributed by atoms with Crippen LogP contribution in [0.1, 0.15) is 37.9 Å². The largest absolute Gasteiger partial charge is 0.339 e. The fourth-order valence-electron chi connectivity index (χ4n) is 2.29. The molecule has 1 atom stereocenters. The second kappa shape index (κ2) is 7.71. The van der Waals surface area contributed by atoms with Crippen LogP contribution in [0.3, 0.4) is 0 Å². The molecule has 1 aliphatic heterocycles. The first kappa shape index (κ1) is 15.4. The summed E-state index contributed by atoms with van der Waals surface area (Å²) in [4.78, 5) is 6.70. The Bertz CT molecular complexity index is 337. The molecule has 0 radical (unpaired) electrons. The van der Waals surface area contributed by atoms with Crippen molar-refractivity contribution in [3.8, 4) is 0 Å². The van der Waals surface area contributed by atoms with Crippen LogP contribution < -0.4 is 5.32 Å². The van der Waals surface area contributed by atoms with Crippen LogP contribution in [-0.4, -0.2) is 41.2 Å². The van der Waals surface area contributed by atoms with Crippen LogP contribution in [0, 0.1) is 0 Å². The Morgan fingerprint density at radius 2 is 2.22 bits per heavy atom. The Hall–Kier alpha value is -0.650. The van der Waals surface area contributed by atoms with Gasteiger partial charge in [-0.15, -0.1) is 12.4 Å².